The van der Waals surface area contributed by atoms with E-state index < -0.39 is 24.0 Å². The first-order chi connectivity index (χ1) is 10.1. The van der Waals surface area contributed by atoms with E-state index >= 15 is 0 Å². The van der Waals surface area contributed by atoms with Crippen LogP contribution in [0.15, 0.2) is 17.8 Å². The van der Waals surface area contributed by atoms with Gasteiger partial charge in [0.2, 0.25) is 0 Å². The van der Waals surface area contributed by atoms with E-state index in [0.29, 0.717) is 10.6 Å². The zero-order valence-electron chi connectivity index (χ0n) is 10.7. The zero-order valence-corrected chi connectivity index (χ0v) is 11.5. The van der Waals surface area contributed by atoms with Gasteiger partial charge in [-0.1, -0.05) is 0 Å². The summed E-state index contributed by atoms with van der Waals surface area (Å²) >= 11 is 1.18. The van der Waals surface area contributed by atoms with Gasteiger partial charge in [-0.15, -0.1) is 16.4 Å². The van der Waals surface area contributed by atoms with Crippen molar-refractivity contribution in [1.82, 2.24) is 25.1 Å². The van der Waals surface area contributed by atoms with Gasteiger partial charge in [0.05, 0.1) is 11.8 Å². The first-order valence-corrected chi connectivity index (χ1v) is 6.98. The van der Waals surface area contributed by atoms with Crippen molar-refractivity contribution in [2.24, 2.45) is 0 Å². The lowest BCUT2D eigenvalue weighted by molar-refractivity contribution is -0.141. The van der Waals surface area contributed by atoms with E-state index in [0.717, 1.165) is 0 Å². The summed E-state index contributed by atoms with van der Waals surface area (Å²) in [5.41, 5.74) is 0.487. The van der Waals surface area contributed by atoms with Crippen LogP contribution in [-0.4, -0.2) is 65.9 Å². The first kappa shape index (κ1) is 13.6. The van der Waals surface area contributed by atoms with Gasteiger partial charge in [-0.2, -0.15) is 4.68 Å². The van der Waals surface area contributed by atoms with Crippen molar-refractivity contribution in [1.29, 1.82) is 0 Å². The Labute approximate surface area is 122 Å². The summed E-state index contributed by atoms with van der Waals surface area (Å²) in [6.07, 6.45) is 0.561. The van der Waals surface area contributed by atoms with Crippen LogP contribution < -0.4 is 0 Å². The van der Waals surface area contributed by atoms with Gasteiger partial charge < -0.3 is 15.1 Å². The third kappa shape index (κ3) is 2.38. The van der Waals surface area contributed by atoms with E-state index in [1.165, 1.54) is 27.2 Å². The number of hydrogen-bond donors (Lipinski definition) is 2. The van der Waals surface area contributed by atoms with Crippen LogP contribution >= 0.6 is 11.3 Å². The van der Waals surface area contributed by atoms with Crippen LogP contribution in [0.4, 0.5) is 0 Å². The molecule has 0 bridgehead atoms. The van der Waals surface area contributed by atoms with Gasteiger partial charge in [-0.05, 0) is 21.9 Å². The molecule has 9 nitrogen and oxygen atoms in total. The number of likely N-dealkylation sites (tertiary alicyclic amines) is 1. The van der Waals surface area contributed by atoms with Crippen molar-refractivity contribution in [3.63, 3.8) is 0 Å². The van der Waals surface area contributed by atoms with Crippen molar-refractivity contribution in [3.8, 4) is 5.69 Å². The second-order valence-electron chi connectivity index (χ2n) is 4.59. The van der Waals surface area contributed by atoms with Gasteiger partial charge in [0.25, 0.3) is 5.91 Å². The largest absolute Gasteiger partial charge is 0.480 e. The number of aliphatic hydroxyl groups is 1. The molecule has 3 rings (SSSR count). The predicted octanol–water partition coefficient (Wildman–Crippen LogP) is -0.616. The minimum atomic E-state index is -1.12. The number of aromatic nitrogens is 4. The number of thiophene rings is 1. The molecule has 2 aromatic heterocycles. The van der Waals surface area contributed by atoms with Crippen molar-refractivity contribution in [2.75, 3.05) is 6.54 Å². The minimum Gasteiger partial charge on any atom is -0.480 e. The van der Waals surface area contributed by atoms with E-state index in [9.17, 15) is 14.7 Å². The number of β-amino-alcohol motifs (C(OH)–C–C–N with tert-alkyl or cyclic N) is 1. The van der Waals surface area contributed by atoms with Gasteiger partial charge in [0.15, 0.2) is 0 Å². The molecule has 0 aliphatic carbocycles. The lowest BCUT2D eigenvalue weighted by Crippen LogP contribution is -2.40. The Kier molecular flexibility index (Phi) is 3.39. The summed E-state index contributed by atoms with van der Waals surface area (Å²) in [7, 11) is 0. The normalized spacial score (nSPS) is 21.7. The second kappa shape index (κ2) is 5.22. The molecule has 1 aliphatic rings. The summed E-state index contributed by atoms with van der Waals surface area (Å²) in [5.74, 6) is -1.57. The molecule has 2 aromatic rings. The lowest BCUT2D eigenvalue weighted by atomic mass is 10.2. The smallest absolute Gasteiger partial charge is 0.326 e. The van der Waals surface area contributed by atoms with Crippen molar-refractivity contribution >= 4 is 23.2 Å². The summed E-state index contributed by atoms with van der Waals surface area (Å²) in [4.78, 5) is 25.3. The highest BCUT2D eigenvalue weighted by atomic mass is 32.1. The summed E-state index contributed by atoms with van der Waals surface area (Å²) in [6.45, 7) is 0.00273. The minimum absolute atomic E-state index is 0.00273. The Balaban J connectivity index is 1.93. The van der Waals surface area contributed by atoms with Crippen LogP contribution in [0.3, 0.4) is 0 Å². The van der Waals surface area contributed by atoms with Crippen LogP contribution in [-0.2, 0) is 4.79 Å². The van der Waals surface area contributed by atoms with E-state index in [1.54, 1.807) is 11.4 Å². The quantitative estimate of drug-likeness (QED) is 0.775. The number of carbonyl (C=O) groups excluding carboxylic acids is 1. The summed E-state index contributed by atoms with van der Waals surface area (Å²) < 4.78 is 1.34. The number of aliphatic hydroxyl groups excluding tert-OH is 1. The van der Waals surface area contributed by atoms with Gasteiger partial charge >= 0.3 is 5.97 Å². The van der Waals surface area contributed by atoms with Crippen LogP contribution in [0.1, 0.15) is 16.1 Å². The molecule has 3 heterocycles. The Morgan fingerprint density at radius 1 is 1.43 bits per heavy atom. The summed E-state index contributed by atoms with van der Waals surface area (Å²) in [5, 5.41) is 31.2. The molecule has 110 valence electrons. The number of hydrogen-bond acceptors (Lipinski definition) is 7. The molecule has 1 fully saturated rings. The lowest BCUT2D eigenvalue weighted by Gasteiger charge is -2.20. The molecule has 0 spiro atoms. The molecular weight excluding hydrogens is 298 g/mol. The van der Waals surface area contributed by atoms with E-state index in [2.05, 4.69) is 15.5 Å². The van der Waals surface area contributed by atoms with E-state index in [1.807, 2.05) is 0 Å². The topological polar surface area (TPSA) is 121 Å². The number of tetrazole rings is 1. The molecule has 0 saturated carbocycles. The molecule has 10 heteroatoms. The van der Waals surface area contributed by atoms with Crippen LogP contribution in [0.25, 0.3) is 5.69 Å². The van der Waals surface area contributed by atoms with Gasteiger partial charge in [-0.25, -0.2) is 4.79 Å². The Bertz CT molecular complexity index is 670. The number of carboxylic acid groups (broad SMARTS) is 1. The molecule has 2 N–H and O–H groups in total. The van der Waals surface area contributed by atoms with Gasteiger partial charge in [0, 0.05) is 13.0 Å². The third-order valence-electron chi connectivity index (χ3n) is 3.26. The molecule has 0 unspecified atom stereocenters. The molecular formula is C11H11N5O4S. The molecule has 1 amide bonds. The number of amides is 1. The van der Waals surface area contributed by atoms with Gasteiger partial charge in [0.1, 0.15) is 17.2 Å². The highest BCUT2D eigenvalue weighted by Gasteiger charge is 2.40. The number of carbonyl (C=O) groups is 2. The van der Waals surface area contributed by atoms with Crippen LogP contribution in [0.2, 0.25) is 0 Å². The van der Waals surface area contributed by atoms with E-state index in [-0.39, 0.29) is 13.0 Å². The standard InChI is InChI=1S/C11H11N5O4S/c17-6-3-8(11(19)20)15(4-6)10(18)9-7(1-2-21-9)16-5-12-13-14-16/h1-2,5-6,8,17H,3-4H2,(H,19,20)/t6-,8-/m1/s1. The Morgan fingerprint density at radius 2 is 2.24 bits per heavy atom. The van der Waals surface area contributed by atoms with Crippen LogP contribution in [0.5, 0.6) is 0 Å². The maximum Gasteiger partial charge on any atom is 0.326 e. The molecule has 0 aromatic carbocycles. The fraction of sp³-hybridized carbons (Fsp3) is 0.364. The SMILES string of the molecule is O=C(O)[C@H]1C[C@@H](O)CN1C(=O)c1sccc1-n1cnnn1. The van der Waals surface area contributed by atoms with Crippen molar-refractivity contribution < 1.29 is 19.8 Å². The monoisotopic (exact) mass is 309 g/mol. The number of carboxylic acids is 1. The predicted molar refractivity (Wildman–Crippen MR) is 70.1 cm³/mol. The highest BCUT2D eigenvalue weighted by Crippen LogP contribution is 2.26. The average Bonchev–Trinajstić information content (AvgIpc) is 3.17. The van der Waals surface area contributed by atoms with Crippen LogP contribution in [0, 0.1) is 0 Å². The van der Waals surface area contributed by atoms with E-state index in [4.69, 9.17) is 5.11 Å². The highest BCUT2D eigenvalue weighted by molar-refractivity contribution is 7.12. The molecule has 2 atom stereocenters. The maximum atomic E-state index is 12.6. The third-order valence-corrected chi connectivity index (χ3v) is 4.15. The van der Waals surface area contributed by atoms with Gasteiger partial charge in [-0.3, -0.25) is 4.79 Å². The fourth-order valence-electron chi connectivity index (χ4n) is 2.32. The number of aliphatic carboxylic acids is 1. The number of nitrogens with zero attached hydrogens (tertiary/aromatic N) is 5. The fourth-order valence-corrected chi connectivity index (χ4v) is 3.15. The summed E-state index contributed by atoms with van der Waals surface area (Å²) in [6, 6.07) is 0.660. The maximum absolute atomic E-state index is 12.6. The second-order valence-corrected chi connectivity index (χ2v) is 5.51. The number of rotatable bonds is 3. The molecule has 21 heavy (non-hydrogen) atoms. The average molecular weight is 309 g/mol. The zero-order chi connectivity index (χ0) is 15.0. The Morgan fingerprint density at radius 3 is 2.90 bits per heavy atom. The van der Waals surface area contributed by atoms with Crippen molar-refractivity contribution in [3.05, 3.63) is 22.7 Å². The first-order valence-electron chi connectivity index (χ1n) is 6.10. The Hall–Kier alpha value is -2.33. The molecule has 1 saturated heterocycles. The molecule has 0 radical (unpaired) electrons. The molecule has 1 aliphatic heterocycles. The van der Waals surface area contributed by atoms with Crippen molar-refractivity contribution in [2.45, 2.75) is 18.6 Å².